The van der Waals surface area contributed by atoms with Crippen molar-refractivity contribution in [3.8, 4) is 5.75 Å². The summed E-state index contributed by atoms with van der Waals surface area (Å²) < 4.78 is 5.49. The zero-order valence-corrected chi connectivity index (χ0v) is 18.2. The highest BCUT2D eigenvalue weighted by Gasteiger charge is 2.22. The number of nitrogens with one attached hydrogen (secondary N) is 2. The van der Waals surface area contributed by atoms with Crippen LogP contribution >= 0.6 is 0 Å². The lowest BCUT2D eigenvalue weighted by Gasteiger charge is -2.18. The number of aryl methyl sites for hydroxylation is 1. The van der Waals surface area contributed by atoms with Gasteiger partial charge in [0.15, 0.2) is 6.61 Å². The second-order valence-electron chi connectivity index (χ2n) is 7.68. The Balaban J connectivity index is 1.42. The smallest absolute Gasteiger partial charge is 0.329 e. The largest absolute Gasteiger partial charge is 0.484 e. The van der Waals surface area contributed by atoms with E-state index in [1.165, 1.54) is 6.21 Å². The van der Waals surface area contributed by atoms with Gasteiger partial charge in [-0.15, -0.1) is 0 Å². The van der Waals surface area contributed by atoms with Crippen molar-refractivity contribution in [3.05, 3.63) is 59.7 Å². The Morgan fingerprint density at radius 1 is 0.969 bits per heavy atom. The molecule has 32 heavy (non-hydrogen) atoms. The molecule has 1 heterocycles. The number of rotatable bonds is 6. The topological polar surface area (TPSA) is 100 Å². The Labute approximate surface area is 187 Å². The van der Waals surface area contributed by atoms with Crippen LogP contribution < -0.4 is 15.5 Å². The number of anilines is 1. The Hall–Kier alpha value is -3.68. The molecule has 0 unspecified atom stereocenters. The number of likely N-dealkylation sites (tertiary alicyclic amines) is 1. The fourth-order valence-corrected chi connectivity index (χ4v) is 3.26. The Kier molecular flexibility index (Phi) is 8.36. The minimum atomic E-state index is -0.734. The van der Waals surface area contributed by atoms with Crippen LogP contribution in [-0.2, 0) is 14.4 Å². The Morgan fingerprint density at radius 3 is 2.28 bits per heavy atom. The summed E-state index contributed by atoms with van der Waals surface area (Å²) in [6, 6.07) is 14.4. The van der Waals surface area contributed by atoms with Crippen molar-refractivity contribution < 1.29 is 19.1 Å². The molecule has 3 rings (SSSR count). The van der Waals surface area contributed by atoms with Gasteiger partial charge in [-0.05, 0) is 61.7 Å². The summed E-state index contributed by atoms with van der Waals surface area (Å²) in [5, 5.41) is 6.63. The highest BCUT2D eigenvalue weighted by Crippen LogP contribution is 2.12. The third-order valence-electron chi connectivity index (χ3n) is 5.05. The fourth-order valence-electron chi connectivity index (χ4n) is 3.26. The summed E-state index contributed by atoms with van der Waals surface area (Å²) in [4.78, 5) is 37.8. The normalized spacial score (nSPS) is 14.0. The van der Waals surface area contributed by atoms with Crippen molar-refractivity contribution in [3.63, 3.8) is 0 Å². The van der Waals surface area contributed by atoms with Gasteiger partial charge in [0.05, 0.1) is 6.21 Å². The van der Waals surface area contributed by atoms with Gasteiger partial charge in [0.25, 0.3) is 5.91 Å². The minimum Gasteiger partial charge on any atom is -0.484 e. The maximum absolute atomic E-state index is 12.2. The predicted octanol–water partition coefficient (Wildman–Crippen LogP) is 2.87. The van der Waals surface area contributed by atoms with E-state index in [0.717, 1.165) is 31.2 Å². The second-order valence-corrected chi connectivity index (χ2v) is 7.68. The third kappa shape index (κ3) is 7.23. The molecule has 0 spiro atoms. The number of amides is 3. The molecular formula is C24H28N4O4. The lowest BCUT2D eigenvalue weighted by atomic mass is 10.2. The maximum Gasteiger partial charge on any atom is 0.329 e. The molecule has 0 saturated carbocycles. The monoisotopic (exact) mass is 436 g/mol. The molecular weight excluding hydrogens is 408 g/mol. The molecule has 2 N–H and O–H groups in total. The average Bonchev–Trinajstić information content (AvgIpc) is 3.09. The molecule has 0 aliphatic carbocycles. The van der Waals surface area contributed by atoms with Crippen LogP contribution in [0, 0.1) is 6.92 Å². The number of benzene rings is 2. The van der Waals surface area contributed by atoms with E-state index in [2.05, 4.69) is 15.8 Å². The average molecular weight is 437 g/mol. The highest BCUT2D eigenvalue weighted by molar-refractivity contribution is 6.35. The van der Waals surface area contributed by atoms with E-state index in [1.54, 1.807) is 29.2 Å². The van der Waals surface area contributed by atoms with E-state index >= 15 is 0 Å². The van der Waals surface area contributed by atoms with Gasteiger partial charge in [0.2, 0.25) is 0 Å². The number of hydrogen-bond acceptors (Lipinski definition) is 5. The van der Waals surface area contributed by atoms with Crippen molar-refractivity contribution in [2.45, 2.75) is 32.6 Å². The van der Waals surface area contributed by atoms with E-state index in [4.69, 9.17) is 4.74 Å². The van der Waals surface area contributed by atoms with Gasteiger partial charge in [-0.2, -0.15) is 5.10 Å². The van der Waals surface area contributed by atoms with Crippen LogP contribution in [0.25, 0.3) is 0 Å². The molecule has 168 valence electrons. The molecule has 0 radical (unpaired) electrons. The molecule has 1 fully saturated rings. The number of carbonyl (C=O) groups excluding carboxylic acids is 3. The lowest BCUT2D eigenvalue weighted by molar-refractivity contribution is -0.145. The van der Waals surface area contributed by atoms with Crippen molar-refractivity contribution in [1.82, 2.24) is 10.3 Å². The first kappa shape index (κ1) is 23.0. The van der Waals surface area contributed by atoms with Gasteiger partial charge in [-0.1, -0.05) is 30.5 Å². The number of ether oxygens (including phenoxy) is 1. The van der Waals surface area contributed by atoms with Gasteiger partial charge in [-0.3, -0.25) is 14.4 Å². The summed E-state index contributed by atoms with van der Waals surface area (Å²) in [6.45, 7) is 3.09. The van der Waals surface area contributed by atoms with Crippen molar-refractivity contribution in [2.75, 3.05) is 25.0 Å². The van der Waals surface area contributed by atoms with Crippen LogP contribution in [0.15, 0.2) is 53.6 Å². The summed E-state index contributed by atoms with van der Waals surface area (Å²) in [6.07, 6.45) is 5.46. The number of hydrazone groups is 1. The molecule has 2 aromatic rings. The minimum absolute atomic E-state index is 0.115. The maximum atomic E-state index is 12.2. The van der Waals surface area contributed by atoms with Crippen molar-refractivity contribution in [1.29, 1.82) is 0 Å². The molecule has 8 nitrogen and oxygen atoms in total. The molecule has 2 aromatic carbocycles. The van der Waals surface area contributed by atoms with Gasteiger partial charge >= 0.3 is 11.8 Å². The Bertz CT molecular complexity index is 947. The summed E-state index contributed by atoms with van der Waals surface area (Å²) in [5.74, 6) is -1.00. The SMILES string of the molecule is Cc1ccc(NC(=O)COc2ccc(/C=N\NC(=O)C(=O)N3CCCCCC3)cc2)cc1. The van der Waals surface area contributed by atoms with Crippen LogP contribution in [0.3, 0.4) is 0 Å². The van der Waals surface area contributed by atoms with E-state index in [1.807, 2.05) is 31.2 Å². The molecule has 0 atom stereocenters. The molecule has 1 aliphatic rings. The number of hydrogen-bond donors (Lipinski definition) is 2. The second kappa shape index (κ2) is 11.6. The van der Waals surface area contributed by atoms with E-state index in [0.29, 0.717) is 30.1 Å². The van der Waals surface area contributed by atoms with Crippen LogP contribution in [0.5, 0.6) is 5.75 Å². The van der Waals surface area contributed by atoms with Gasteiger partial charge in [-0.25, -0.2) is 5.43 Å². The fraction of sp³-hybridized carbons (Fsp3) is 0.333. The molecule has 1 aliphatic heterocycles. The molecule has 8 heteroatoms. The zero-order chi connectivity index (χ0) is 22.8. The summed E-state index contributed by atoms with van der Waals surface area (Å²) >= 11 is 0. The van der Waals surface area contributed by atoms with Crippen LogP contribution in [-0.4, -0.2) is 48.5 Å². The van der Waals surface area contributed by atoms with E-state index in [9.17, 15) is 14.4 Å². The van der Waals surface area contributed by atoms with Crippen LogP contribution in [0.1, 0.15) is 36.8 Å². The third-order valence-corrected chi connectivity index (χ3v) is 5.05. The summed E-state index contributed by atoms with van der Waals surface area (Å²) in [7, 11) is 0. The molecule has 0 aromatic heterocycles. The Morgan fingerprint density at radius 2 is 1.62 bits per heavy atom. The van der Waals surface area contributed by atoms with Crippen LogP contribution in [0.4, 0.5) is 5.69 Å². The zero-order valence-electron chi connectivity index (χ0n) is 18.2. The first-order valence-electron chi connectivity index (χ1n) is 10.7. The first-order valence-corrected chi connectivity index (χ1v) is 10.7. The van der Waals surface area contributed by atoms with Crippen molar-refractivity contribution >= 4 is 29.6 Å². The quantitative estimate of drug-likeness (QED) is 0.413. The van der Waals surface area contributed by atoms with Crippen LogP contribution in [0.2, 0.25) is 0 Å². The standard InChI is InChI=1S/C24H28N4O4/c1-18-6-10-20(11-7-18)26-22(29)17-32-21-12-8-19(9-13-21)16-25-27-23(30)24(31)28-14-4-2-3-5-15-28/h6-13,16H,2-5,14-15,17H2,1H3,(H,26,29)(H,27,30)/b25-16-. The first-order chi connectivity index (χ1) is 15.5. The lowest BCUT2D eigenvalue weighted by Crippen LogP contribution is -2.41. The number of carbonyl (C=O) groups is 3. The van der Waals surface area contributed by atoms with E-state index < -0.39 is 11.8 Å². The summed E-state index contributed by atoms with van der Waals surface area (Å²) in [5.41, 5.74) is 4.83. The molecule has 3 amide bonds. The van der Waals surface area contributed by atoms with Gasteiger partial charge < -0.3 is 15.0 Å². The van der Waals surface area contributed by atoms with Gasteiger partial charge in [0, 0.05) is 18.8 Å². The molecule has 0 bridgehead atoms. The molecule has 1 saturated heterocycles. The van der Waals surface area contributed by atoms with Crippen molar-refractivity contribution in [2.24, 2.45) is 5.10 Å². The van der Waals surface area contributed by atoms with Gasteiger partial charge in [0.1, 0.15) is 5.75 Å². The predicted molar refractivity (Wildman–Crippen MR) is 123 cm³/mol. The highest BCUT2D eigenvalue weighted by atomic mass is 16.5. The van der Waals surface area contributed by atoms with E-state index in [-0.39, 0.29) is 12.5 Å². The number of nitrogens with zero attached hydrogens (tertiary/aromatic N) is 2.